The molecule has 0 atom stereocenters. The van der Waals surface area contributed by atoms with E-state index in [1.165, 1.54) is 0 Å². The maximum Gasteiger partial charge on any atom is 0.235 e. The molecular formula is C25H20Cl2O5. The highest BCUT2D eigenvalue weighted by molar-refractivity contribution is 6.35. The highest BCUT2D eigenvalue weighted by Crippen LogP contribution is 2.37. The molecule has 3 aromatic carbocycles. The van der Waals surface area contributed by atoms with Crippen LogP contribution >= 0.6 is 23.2 Å². The molecule has 0 aliphatic carbocycles. The molecule has 0 saturated heterocycles. The maximum absolute atomic E-state index is 13.4. The predicted molar refractivity (Wildman–Crippen MR) is 127 cm³/mol. The summed E-state index contributed by atoms with van der Waals surface area (Å²) < 4.78 is 22.9. The Morgan fingerprint density at radius 3 is 2.31 bits per heavy atom. The number of halogens is 2. The zero-order chi connectivity index (χ0) is 22.8. The Labute approximate surface area is 195 Å². The van der Waals surface area contributed by atoms with Crippen LogP contribution < -0.4 is 19.6 Å². The van der Waals surface area contributed by atoms with E-state index in [2.05, 4.69) is 0 Å². The molecule has 0 bridgehead atoms. The molecule has 1 heterocycles. The lowest BCUT2D eigenvalue weighted by molar-refractivity contribution is 0.298. The molecule has 5 nitrogen and oxygen atoms in total. The largest absolute Gasteiger partial charge is 0.493 e. The van der Waals surface area contributed by atoms with Crippen molar-refractivity contribution in [2.45, 2.75) is 13.5 Å². The second-order valence-corrected chi connectivity index (χ2v) is 7.96. The van der Waals surface area contributed by atoms with E-state index in [0.717, 1.165) is 5.56 Å². The lowest BCUT2D eigenvalue weighted by Gasteiger charge is -2.14. The van der Waals surface area contributed by atoms with E-state index in [-0.39, 0.29) is 23.5 Å². The number of fused-ring (bicyclic) bond motifs is 1. The van der Waals surface area contributed by atoms with Gasteiger partial charge in [0, 0.05) is 21.2 Å². The Balaban J connectivity index is 1.89. The first-order chi connectivity index (χ1) is 15.4. The smallest absolute Gasteiger partial charge is 0.235 e. The van der Waals surface area contributed by atoms with Crippen LogP contribution in [0, 0.1) is 6.92 Å². The van der Waals surface area contributed by atoms with Gasteiger partial charge in [0.05, 0.1) is 19.6 Å². The molecule has 0 aliphatic heterocycles. The van der Waals surface area contributed by atoms with Crippen molar-refractivity contribution in [1.29, 1.82) is 0 Å². The first-order valence-electron chi connectivity index (χ1n) is 9.78. The first kappa shape index (κ1) is 22.1. The Morgan fingerprint density at radius 1 is 0.906 bits per heavy atom. The fourth-order valence-corrected chi connectivity index (χ4v) is 3.90. The zero-order valence-corrected chi connectivity index (χ0v) is 19.2. The van der Waals surface area contributed by atoms with Gasteiger partial charge < -0.3 is 18.6 Å². The molecule has 0 fully saturated rings. The molecule has 0 N–H and O–H groups in total. The van der Waals surface area contributed by atoms with Gasteiger partial charge in [0.2, 0.25) is 11.2 Å². The van der Waals surface area contributed by atoms with Crippen molar-refractivity contribution >= 4 is 34.2 Å². The van der Waals surface area contributed by atoms with Gasteiger partial charge in [-0.3, -0.25) is 4.79 Å². The number of methoxy groups -OCH3 is 2. The van der Waals surface area contributed by atoms with Crippen LogP contribution in [0.2, 0.25) is 10.0 Å². The molecule has 0 saturated carbocycles. The highest BCUT2D eigenvalue weighted by Gasteiger charge is 2.20. The number of hydrogen-bond acceptors (Lipinski definition) is 5. The standard InChI is InChI=1S/C25H20Cl2O5/c1-14-7-9-16-21(11-14)32-24(15-8-10-20(29-2)22(12-15)30-3)25(23(16)28)31-13-17-18(26)5-4-6-19(17)27/h4-12H,13H2,1-3H3. The molecule has 7 heteroatoms. The van der Waals surface area contributed by atoms with Crippen LogP contribution in [0.5, 0.6) is 17.2 Å². The minimum atomic E-state index is -0.292. The molecular weight excluding hydrogens is 451 g/mol. The second-order valence-electron chi connectivity index (χ2n) is 7.15. The monoisotopic (exact) mass is 470 g/mol. The summed E-state index contributed by atoms with van der Waals surface area (Å²) in [5.41, 5.74) is 2.32. The van der Waals surface area contributed by atoms with E-state index in [4.69, 9.17) is 41.8 Å². The summed E-state index contributed by atoms with van der Waals surface area (Å²) in [5.74, 6) is 1.39. The van der Waals surface area contributed by atoms with E-state index in [0.29, 0.717) is 43.6 Å². The fourth-order valence-electron chi connectivity index (χ4n) is 3.40. The van der Waals surface area contributed by atoms with Gasteiger partial charge in [-0.2, -0.15) is 0 Å². The third kappa shape index (κ3) is 4.14. The second kappa shape index (κ2) is 9.15. The number of rotatable bonds is 6. The van der Waals surface area contributed by atoms with Gasteiger partial charge in [-0.25, -0.2) is 0 Å². The molecule has 0 unspecified atom stereocenters. The molecule has 1 aromatic heterocycles. The van der Waals surface area contributed by atoms with Crippen molar-refractivity contribution in [3.8, 4) is 28.6 Å². The van der Waals surface area contributed by atoms with Crippen molar-refractivity contribution in [1.82, 2.24) is 0 Å². The zero-order valence-electron chi connectivity index (χ0n) is 17.7. The van der Waals surface area contributed by atoms with E-state index in [1.54, 1.807) is 56.7 Å². The van der Waals surface area contributed by atoms with Crippen LogP contribution in [0.15, 0.2) is 63.8 Å². The Kier molecular flexibility index (Phi) is 6.31. The Bertz CT molecular complexity index is 1340. The Morgan fingerprint density at radius 2 is 1.62 bits per heavy atom. The van der Waals surface area contributed by atoms with E-state index >= 15 is 0 Å². The van der Waals surface area contributed by atoms with Gasteiger partial charge in [0.15, 0.2) is 17.3 Å². The number of ether oxygens (including phenoxy) is 3. The van der Waals surface area contributed by atoms with Crippen LogP contribution in [0.4, 0.5) is 0 Å². The summed E-state index contributed by atoms with van der Waals surface area (Å²) in [5, 5.41) is 1.32. The van der Waals surface area contributed by atoms with Crippen molar-refractivity contribution in [3.05, 3.63) is 86.0 Å². The topological polar surface area (TPSA) is 57.9 Å². The van der Waals surface area contributed by atoms with Crippen molar-refractivity contribution in [2.75, 3.05) is 14.2 Å². The van der Waals surface area contributed by atoms with Crippen LogP contribution in [0.25, 0.3) is 22.3 Å². The van der Waals surface area contributed by atoms with Crippen molar-refractivity contribution in [2.24, 2.45) is 0 Å². The lowest BCUT2D eigenvalue weighted by atomic mass is 10.1. The predicted octanol–water partition coefficient (Wildman–Crippen LogP) is 6.67. The first-order valence-corrected chi connectivity index (χ1v) is 10.5. The molecule has 0 amide bonds. The number of benzene rings is 3. The highest BCUT2D eigenvalue weighted by atomic mass is 35.5. The van der Waals surface area contributed by atoms with Gasteiger partial charge in [-0.1, -0.05) is 35.3 Å². The van der Waals surface area contributed by atoms with Gasteiger partial charge >= 0.3 is 0 Å². The summed E-state index contributed by atoms with van der Waals surface area (Å²) in [7, 11) is 3.09. The average Bonchev–Trinajstić information content (AvgIpc) is 2.79. The van der Waals surface area contributed by atoms with Crippen LogP contribution in [-0.2, 0) is 6.61 Å². The fraction of sp³-hybridized carbons (Fsp3) is 0.160. The van der Waals surface area contributed by atoms with Gasteiger partial charge in [-0.05, 0) is 55.0 Å². The molecule has 0 spiro atoms. The third-order valence-corrected chi connectivity index (χ3v) is 5.78. The van der Waals surface area contributed by atoms with Gasteiger partial charge in [0.1, 0.15) is 12.2 Å². The molecule has 164 valence electrons. The third-order valence-electron chi connectivity index (χ3n) is 5.07. The SMILES string of the molecule is COc1ccc(-c2oc3cc(C)ccc3c(=O)c2OCc2c(Cl)cccc2Cl)cc1OC. The normalized spacial score (nSPS) is 10.9. The summed E-state index contributed by atoms with van der Waals surface area (Å²) in [4.78, 5) is 13.4. The summed E-state index contributed by atoms with van der Waals surface area (Å²) >= 11 is 12.6. The van der Waals surface area contributed by atoms with Crippen LogP contribution in [-0.4, -0.2) is 14.2 Å². The Hall–Kier alpha value is -3.15. The van der Waals surface area contributed by atoms with Crippen LogP contribution in [0.1, 0.15) is 11.1 Å². The molecule has 0 aliphatic rings. The van der Waals surface area contributed by atoms with Gasteiger partial charge in [0.25, 0.3) is 0 Å². The molecule has 0 radical (unpaired) electrons. The quantitative estimate of drug-likeness (QED) is 0.314. The van der Waals surface area contributed by atoms with E-state index in [1.807, 2.05) is 19.1 Å². The summed E-state index contributed by atoms with van der Waals surface area (Å²) in [6, 6.07) is 15.8. The lowest BCUT2D eigenvalue weighted by Crippen LogP contribution is -2.11. The minimum Gasteiger partial charge on any atom is -0.493 e. The molecule has 4 aromatic rings. The van der Waals surface area contributed by atoms with E-state index in [9.17, 15) is 4.79 Å². The van der Waals surface area contributed by atoms with Crippen molar-refractivity contribution < 1.29 is 18.6 Å². The molecule has 4 rings (SSSR count). The van der Waals surface area contributed by atoms with Crippen LogP contribution in [0.3, 0.4) is 0 Å². The number of aryl methyl sites for hydroxylation is 1. The van der Waals surface area contributed by atoms with E-state index < -0.39 is 0 Å². The summed E-state index contributed by atoms with van der Waals surface area (Å²) in [6.07, 6.45) is 0. The maximum atomic E-state index is 13.4. The molecule has 32 heavy (non-hydrogen) atoms. The van der Waals surface area contributed by atoms with Gasteiger partial charge in [-0.15, -0.1) is 0 Å². The van der Waals surface area contributed by atoms with Crippen molar-refractivity contribution in [3.63, 3.8) is 0 Å². The minimum absolute atomic E-state index is 0.000917. The average molecular weight is 471 g/mol. The number of hydrogen-bond donors (Lipinski definition) is 0. The summed E-state index contributed by atoms with van der Waals surface area (Å²) in [6.45, 7) is 1.93.